The van der Waals surface area contributed by atoms with Crippen molar-refractivity contribution in [1.29, 1.82) is 0 Å². The van der Waals surface area contributed by atoms with Crippen LogP contribution < -0.4 is 4.74 Å². The van der Waals surface area contributed by atoms with Crippen molar-refractivity contribution >= 4 is 28.1 Å². The molecule has 0 bridgehead atoms. The minimum atomic E-state index is -0.0141. The molecular formula is C21H21N3O2S. The standard InChI is InChI=1S/C21H21N3O2S/c1-23-9-3-5-16(23)13-24(14-18-6-4-10-27-18)21(25)20-11-15-7-8-17(26-2)12-19(15)22-20/h3-12,22H,13-14H2,1-2H3. The molecule has 0 radical (unpaired) electrons. The lowest BCUT2D eigenvalue weighted by Crippen LogP contribution is -2.30. The van der Waals surface area contributed by atoms with E-state index < -0.39 is 0 Å². The summed E-state index contributed by atoms with van der Waals surface area (Å²) in [5, 5.41) is 3.03. The smallest absolute Gasteiger partial charge is 0.270 e. The summed E-state index contributed by atoms with van der Waals surface area (Å²) in [4.78, 5) is 19.6. The Morgan fingerprint density at radius 1 is 1.19 bits per heavy atom. The van der Waals surface area contributed by atoms with Gasteiger partial charge < -0.3 is 19.2 Å². The number of H-pyrrole nitrogens is 1. The molecule has 27 heavy (non-hydrogen) atoms. The van der Waals surface area contributed by atoms with Gasteiger partial charge in [-0.2, -0.15) is 0 Å². The van der Waals surface area contributed by atoms with Crippen molar-refractivity contribution in [1.82, 2.24) is 14.5 Å². The number of thiophene rings is 1. The lowest BCUT2D eigenvalue weighted by Gasteiger charge is -2.22. The highest BCUT2D eigenvalue weighted by atomic mass is 32.1. The molecule has 3 aromatic heterocycles. The summed E-state index contributed by atoms with van der Waals surface area (Å²) in [5.74, 6) is 0.752. The lowest BCUT2D eigenvalue weighted by atomic mass is 10.2. The number of carbonyl (C=O) groups excluding carboxylic acids is 1. The lowest BCUT2D eigenvalue weighted by molar-refractivity contribution is 0.0723. The van der Waals surface area contributed by atoms with E-state index in [0.29, 0.717) is 18.8 Å². The Morgan fingerprint density at radius 2 is 2.07 bits per heavy atom. The topological polar surface area (TPSA) is 50.3 Å². The second-order valence-corrected chi connectivity index (χ2v) is 7.52. The molecule has 0 spiro atoms. The molecule has 0 unspecified atom stereocenters. The molecule has 1 aromatic carbocycles. The number of nitrogens with zero attached hydrogens (tertiary/aromatic N) is 2. The molecule has 1 N–H and O–H groups in total. The first-order valence-electron chi connectivity index (χ1n) is 8.72. The molecule has 0 fully saturated rings. The third-order valence-corrected chi connectivity index (χ3v) is 5.54. The molecule has 1 amide bonds. The Hall–Kier alpha value is -2.99. The van der Waals surface area contributed by atoms with E-state index in [4.69, 9.17) is 4.74 Å². The first-order valence-corrected chi connectivity index (χ1v) is 9.60. The maximum atomic E-state index is 13.3. The minimum Gasteiger partial charge on any atom is -0.497 e. The number of ether oxygens (including phenoxy) is 1. The summed E-state index contributed by atoms with van der Waals surface area (Å²) in [7, 11) is 3.64. The summed E-state index contributed by atoms with van der Waals surface area (Å²) < 4.78 is 7.32. The zero-order chi connectivity index (χ0) is 18.8. The zero-order valence-corrected chi connectivity index (χ0v) is 16.1. The number of aryl methyl sites for hydroxylation is 1. The number of amides is 1. The van der Waals surface area contributed by atoms with Gasteiger partial charge in [0, 0.05) is 40.8 Å². The molecule has 0 aliphatic rings. The normalized spacial score (nSPS) is 11.0. The van der Waals surface area contributed by atoms with Crippen molar-refractivity contribution < 1.29 is 9.53 Å². The fourth-order valence-corrected chi connectivity index (χ4v) is 3.88. The van der Waals surface area contributed by atoms with E-state index >= 15 is 0 Å². The maximum absolute atomic E-state index is 13.3. The fraction of sp³-hybridized carbons (Fsp3) is 0.190. The third-order valence-electron chi connectivity index (χ3n) is 4.68. The number of aromatic amines is 1. The van der Waals surface area contributed by atoms with E-state index in [9.17, 15) is 4.79 Å². The number of methoxy groups -OCH3 is 1. The molecule has 6 heteroatoms. The summed E-state index contributed by atoms with van der Waals surface area (Å²) in [6, 6.07) is 15.8. The average molecular weight is 379 g/mol. The van der Waals surface area contributed by atoms with E-state index in [2.05, 4.69) is 11.1 Å². The Labute approximate surface area is 161 Å². The number of carbonyl (C=O) groups is 1. The van der Waals surface area contributed by atoms with Gasteiger partial charge in [0.05, 0.1) is 20.2 Å². The second kappa shape index (κ2) is 7.32. The maximum Gasteiger partial charge on any atom is 0.270 e. The highest BCUT2D eigenvalue weighted by Crippen LogP contribution is 2.23. The van der Waals surface area contributed by atoms with Crippen LogP contribution in [0.5, 0.6) is 5.75 Å². The van der Waals surface area contributed by atoms with Crippen LogP contribution in [0.2, 0.25) is 0 Å². The van der Waals surface area contributed by atoms with Crippen molar-refractivity contribution in [2.45, 2.75) is 13.1 Å². The Bertz CT molecular complexity index is 1060. The largest absolute Gasteiger partial charge is 0.497 e. The number of benzene rings is 1. The molecule has 0 saturated heterocycles. The van der Waals surface area contributed by atoms with Crippen LogP contribution >= 0.6 is 11.3 Å². The first-order chi connectivity index (χ1) is 13.1. The molecule has 5 nitrogen and oxygen atoms in total. The summed E-state index contributed by atoms with van der Waals surface area (Å²) in [6.07, 6.45) is 2.00. The monoisotopic (exact) mass is 379 g/mol. The van der Waals surface area contributed by atoms with E-state index in [1.807, 2.05) is 70.6 Å². The zero-order valence-electron chi connectivity index (χ0n) is 15.3. The van der Waals surface area contributed by atoms with Gasteiger partial charge in [-0.05, 0) is 41.8 Å². The highest BCUT2D eigenvalue weighted by molar-refractivity contribution is 7.09. The quantitative estimate of drug-likeness (QED) is 0.539. The van der Waals surface area contributed by atoms with Crippen LogP contribution in [0.4, 0.5) is 0 Å². The SMILES string of the molecule is COc1ccc2cc(C(=O)N(Cc3cccs3)Cc3cccn3C)[nH]c2c1. The molecule has 4 aromatic rings. The van der Waals surface area contributed by atoms with Crippen molar-refractivity contribution in [3.8, 4) is 5.75 Å². The number of aromatic nitrogens is 2. The molecule has 4 rings (SSSR count). The van der Waals surface area contributed by atoms with Gasteiger partial charge in [0.2, 0.25) is 0 Å². The van der Waals surface area contributed by atoms with E-state index in [1.165, 1.54) is 0 Å². The van der Waals surface area contributed by atoms with Crippen LogP contribution in [0, 0.1) is 0 Å². The van der Waals surface area contributed by atoms with Crippen LogP contribution in [-0.4, -0.2) is 27.5 Å². The van der Waals surface area contributed by atoms with Crippen LogP contribution in [0.1, 0.15) is 21.1 Å². The van der Waals surface area contributed by atoms with Crippen LogP contribution in [0.15, 0.2) is 60.1 Å². The predicted octanol–water partition coefficient (Wildman–Crippen LogP) is 4.42. The van der Waals surface area contributed by atoms with Gasteiger partial charge in [0.15, 0.2) is 0 Å². The number of fused-ring (bicyclic) bond motifs is 1. The van der Waals surface area contributed by atoms with Crippen LogP contribution in [-0.2, 0) is 20.1 Å². The van der Waals surface area contributed by atoms with Gasteiger partial charge in [-0.15, -0.1) is 11.3 Å². The van der Waals surface area contributed by atoms with Crippen molar-refractivity contribution in [2.24, 2.45) is 7.05 Å². The molecule has 0 saturated carbocycles. The van der Waals surface area contributed by atoms with E-state index in [0.717, 1.165) is 27.2 Å². The summed E-state index contributed by atoms with van der Waals surface area (Å²) in [6.45, 7) is 1.14. The van der Waals surface area contributed by atoms with Gasteiger partial charge in [-0.1, -0.05) is 6.07 Å². The molecule has 3 heterocycles. The third kappa shape index (κ3) is 3.61. The Morgan fingerprint density at radius 3 is 2.78 bits per heavy atom. The fourth-order valence-electron chi connectivity index (χ4n) is 3.17. The molecule has 138 valence electrons. The van der Waals surface area contributed by atoms with Gasteiger partial charge in [-0.25, -0.2) is 0 Å². The summed E-state index contributed by atoms with van der Waals surface area (Å²) in [5.41, 5.74) is 2.58. The number of hydrogen-bond acceptors (Lipinski definition) is 3. The molecule has 0 aliphatic heterocycles. The minimum absolute atomic E-state index is 0.0141. The molecular weight excluding hydrogens is 358 g/mol. The number of hydrogen-bond donors (Lipinski definition) is 1. The van der Waals surface area contributed by atoms with Gasteiger partial charge in [-0.3, -0.25) is 4.79 Å². The first kappa shape index (κ1) is 17.4. The van der Waals surface area contributed by atoms with Gasteiger partial charge in [0.25, 0.3) is 5.91 Å². The molecule has 0 atom stereocenters. The van der Waals surface area contributed by atoms with Crippen molar-refractivity contribution in [3.63, 3.8) is 0 Å². The van der Waals surface area contributed by atoms with Gasteiger partial charge >= 0.3 is 0 Å². The number of nitrogens with one attached hydrogen (secondary N) is 1. The van der Waals surface area contributed by atoms with Gasteiger partial charge in [0.1, 0.15) is 11.4 Å². The van der Waals surface area contributed by atoms with Crippen molar-refractivity contribution in [2.75, 3.05) is 7.11 Å². The highest BCUT2D eigenvalue weighted by Gasteiger charge is 2.20. The second-order valence-electron chi connectivity index (χ2n) is 6.49. The Kier molecular flexibility index (Phi) is 4.73. The van der Waals surface area contributed by atoms with Crippen LogP contribution in [0.25, 0.3) is 10.9 Å². The van der Waals surface area contributed by atoms with E-state index in [-0.39, 0.29) is 5.91 Å². The van der Waals surface area contributed by atoms with E-state index in [1.54, 1.807) is 18.4 Å². The Balaban J connectivity index is 1.65. The van der Waals surface area contributed by atoms with Crippen molar-refractivity contribution in [3.05, 3.63) is 76.4 Å². The molecule has 0 aliphatic carbocycles. The predicted molar refractivity (Wildman–Crippen MR) is 108 cm³/mol. The number of rotatable bonds is 6. The van der Waals surface area contributed by atoms with Crippen LogP contribution in [0.3, 0.4) is 0 Å². The summed E-state index contributed by atoms with van der Waals surface area (Å²) >= 11 is 1.66. The average Bonchev–Trinajstić information content (AvgIpc) is 3.41.